The van der Waals surface area contributed by atoms with Crippen molar-refractivity contribution in [3.8, 4) is 0 Å². The molecule has 0 atom stereocenters. The average Bonchev–Trinajstić information content (AvgIpc) is 2.29. The van der Waals surface area contributed by atoms with Gasteiger partial charge in [-0.3, -0.25) is 4.68 Å². The van der Waals surface area contributed by atoms with Crippen LogP contribution in [0.5, 0.6) is 0 Å². The molecule has 0 aliphatic carbocycles. The third-order valence-electron chi connectivity index (χ3n) is 2.09. The summed E-state index contributed by atoms with van der Waals surface area (Å²) in [6.07, 6.45) is 0. The first-order chi connectivity index (χ1) is 6.43. The van der Waals surface area contributed by atoms with Gasteiger partial charge in [-0.15, -0.1) is 0 Å². The molecule has 1 aromatic heterocycles. The predicted octanol–water partition coefficient (Wildman–Crippen LogP) is 2.60. The van der Waals surface area contributed by atoms with Gasteiger partial charge in [-0.05, 0) is 20.8 Å². The molecule has 0 aliphatic heterocycles. The second kappa shape index (κ2) is 3.70. The van der Waals surface area contributed by atoms with E-state index in [4.69, 9.17) is 0 Å². The summed E-state index contributed by atoms with van der Waals surface area (Å²) in [5.74, 6) is 0.880. The minimum absolute atomic E-state index is 0.880. The molecule has 0 saturated heterocycles. The van der Waals surface area contributed by atoms with Crippen LogP contribution in [0.25, 0.3) is 0 Å². The van der Waals surface area contributed by atoms with Gasteiger partial charge in [-0.1, -0.05) is 13.2 Å². The van der Waals surface area contributed by atoms with E-state index < -0.39 is 0 Å². The van der Waals surface area contributed by atoms with E-state index >= 15 is 0 Å². The summed E-state index contributed by atoms with van der Waals surface area (Å²) < 4.78 is 1.84. The molecule has 0 spiro atoms. The van der Waals surface area contributed by atoms with E-state index in [1.54, 1.807) is 0 Å². The molecular weight excluding hydrogens is 174 g/mol. The van der Waals surface area contributed by atoms with Gasteiger partial charge in [-0.2, -0.15) is 5.10 Å². The molecule has 0 amide bonds. The summed E-state index contributed by atoms with van der Waals surface area (Å²) in [5, 5.41) is 4.37. The van der Waals surface area contributed by atoms with Gasteiger partial charge in [0, 0.05) is 30.2 Å². The van der Waals surface area contributed by atoms with E-state index in [9.17, 15) is 0 Å². The highest BCUT2D eigenvalue weighted by Crippen LogP contribution is 2.21. The number of anilines is 1. The summed E-state index contributed by atoms with van der Waals surface area (Å²) in [6.45, 7) is 13.7. The van der Waals surface area contributed by atoms with Gasteiger partial charge in [0.2, 0.25) is 0 Å². The smallest absolute Gasteiger partial charge is 0.159 e. The Kier molecular flexibility index (Phi) is 2.79. The van der Waals surface area contributed by atoms with Crippen molar-refractivity contribution in [2.75, 3.05) is 4.90 Å². The van der Waals surface area contributed by atoms with Gasteiger partial charge in [0.25, 0.3) is 0 Å². The van der Waals surface area contributed by atoms with E-state index in [0.29, 0.717) is 0 Å². The van der Waals surface area contributed by atoms with Crippen LogP contribution in [0.1, 0.15) is 19.5 Å². The summed E-state index contributed by atoms with van der Waals surface area (Å²) >= 11 is 0. The van der Waals surface area contributed by atoms with Crippen LogP contribution in [0.15, 0.2) is 30.6 Å². The van der Waals surface area contributed by atoms with Crippen LogP contribution in [-0.4, -0.2) is 9.78 Å². The molecule has 1 rings (SSSR count). The predicted molar refractivity (Wildman–Crippen MR) is 60.1 cm³/mol. The van der Waals surface area contributed by atoms with Crippen LogP contribution in [0.3, 0.4) is 0 Å². The third-order valence-corrected chi connectivity index (χ3v) is 2.09. The minimum Gasteiger partial charge on any atom is -0.303 e. The van der Waals surface area contributed by atoms with Gasteiger partial charge < -0.3 is 4.90 Å². The molecule has 0 aromatic carbocycles. The number of aromatic nitrogens is 2. The average molecular weight is 191 g/mol. The Morgan fingerprint density at radius 2 is 1.86 bits per heavy atom. The summed E-state index contributed by atoms with van der Waals surface area (Å²) in [5.41, 5.74) is 2.97. The first-order valence-corrected chi connectivity index (χ1v) is 4.55. The lowest BCUT2D eigenvalue weighted by Crippen LogP contribution is -2.17. The maximum atomic E-state index is 4.37. The maximum absolute atomic E-state index is 4.37. The Balaban J connectivity index is 3.12. The number of nitrogens with zero attached hydrogens (tertiary/aromatic N) is 3. The molecule has 0 aliphatic rings. The first-order valence-electron chi connectivity index (χ1n) is 4.55. The molecule has 0 bridgehead atoms. The van der Waals surface area contributed by atoms with Crippen LogP contribution in [0.2, 0.25) is 0 Å². The highest BCUT2D eigenvalue weighted by atomic mass is 15.3. The fraction of sp³-hybridized carbons (Fsp3) is 0.364. The lowest BCUT2D eigenvalue weighted by atomic mass is 10.3. The van der Waals surface area contributed by atoms with Crippen LogP contribution in [0, 0.1) is 6.92 Å². The Labute approximate surface area is 85.3 Å². The molecule has 0 N–H and O–H groups in total. The van der Waals surface area contributed by atoms with E-state index in [1.807, 2.05) is 43.5 Å². The van der Waals surface area contributed by atoms with Crippen molar-refractivity contribution >= 4 is 5.82 Å². The van der Waals surface area contributed by atoms with Crippen molar-refractivity contribution in [3.63, 3.8) is 0 Å². The van der Waals surface area contributed by atoms with Gasteiger partial charge in [0.05, 0.1) is 0 Å². The minimum atomic E-state index is 0.880. The number of hydrogen-bond donors (Lipinski definition) is 0. The Morgan fingerprint density at radius 1 is 1.36 bits per heavy atom. The van der Waals surface area contributed by atoms with Crippen molar-refractivity contribution in [1.29, 1.82) is 0 Å². The van der Waals surface area contributed by atoms with E-state index in [2.05, 4.69) is 18.3 Å². The zero-order valence-corrected chi connectivity index (χ0v) is 9.33. The van der Waals surface area contributed by atoms with Gasteiger partial charge in [-0.25, -0.2) is 0 Å². The van der Waals surface area contributed by atoms with Crippen molar-refractivity contribution in [1.82, 2.24) is 9.78 Å². The van der Waals surface area contributed by atoms with Crippen molar-refractivity contribution in [2.45, 2.75) is 20.8 Å². The molecule has 14 heavy (non-hydrogen) atoms. The highest BCUT2D eigenvalue weighted by Gasteiger charge is 2.11. The molecule has 0 saturated carbocycles. The fourth-order valence-electron chi connectivity index (χ4n) is 1.37. The molecule has 0 radical (unpaired) electrons. The second-order valence-corrected chi connectivity index (χ2v) is 3.57. The monoisotopic (exact) mass is 191 g/mol. The van der Waals surface area contributed by atoms with E-state index in [0.717, 1.165) is 22.9 Å². The maximum Gasteiger partial charge on any atom is 0.159 e. The molecular formula is C11H17N3. The fourth-order valence-corrected chi connectivity index (χ4v) is 1.37. The summed E-state index contributed by atoms with van der Waals surface area (Å²) in [6, 6.07) is 2.02. The van der Waals surface area contributed by atoms with Crippen LogP contribution in [0.4, 0.5) is 5.82 Å². The molecule has 1 aromatic rings. The Hall–Kier alpha value is -1.51. The quantitative estimate of drug-likeness (QED) is 0.732. The molecule has 0 fully saturated rings. The third kappa shape index (κ3) is 1.87. The second-order valence-electron chi connectivity index (χ2n) is 3.57. The Morgan fingerprint density at radius 3 is 2.14 bits per heavy atom. The van der Waals surface area contributed by atoms with E-state index in [1.165, 1.54) is 0 Å². The lowest BCUT2D eigenvalue weighted by Gasteiger charge is -2.21. The standard InChI is InChI=1S/C11H17N3/c1-8(2)14(9(3)4)11-7-10(5)13(6)12-11/h7H,1,3H2,2,4-6H3. The zero-order valence-electron chi connectivity index (χ0n) is 9.33. The van der Waals surface area contributed by atoms with Crippen molar-refractivity contribution in [2.24, 2.45) is 7.05 Å². The number of hydrogen-bond acceptors (Lipinski definition) is 2. The summed E-state index contributed by atoms with van der Waals surface area (Å²) in [4.78, 5) is 1.94. The van der Waals surface area contributed by atoms with Crippen LogP contribution in [-0.2, 0) is 7.05 Å². The molecule has 1 heterocycles. The number of allylic oxidation sites excluding steroid dienone is 2. The normalized spacial score (nSPS) is 10.0. The Bertz CT molecular complexity index is 340. The highest BCUT2D eigenvalue weighted by molar-refractivity contribution is 5.51. The number of aryl methyl sites for hydroxylation is 2. The topological polar surface area (TPSA) is 21.1 Å². The number of rotatable bonds is 3. The molecule has 76 valence electrons. The van der Waals surface area contributed by atoms with E-state index in [-0.39, 0.29) is 0 Å². The van der Waals surface area contributed by atoms with Gasteiger partial charge in [0.1, 0.15) is 0 Å². The van der Waals surface area contributed by atoms with Crippen molar-refractivity contribution in [3.05, 3.63) is 36.3 Å². The van der Waals surface area contributed by atoms with Gasteiger partial charge in [0.15, 0.2) is 5.82 Å². The first kappa shape index (κ1) is 10.6. The SMILES string of the molecule is C=C(C)N(C(=C)C)c1cc(C)n(C)n1. The molecule has 3 heteroatoms. The summed E-state index contributed by atoms with van der Waals surface area (Å²) in [7, 11) is 1.92. The molecule has 3 nitrogen and oxygen atoms in total. The van der Waals surface area contributed by atoms with Crippen LogP contribution < -0.4 is 4.90 Å². The van der Waals surface area contributed by atoms with Gasteiger partial charge >= 0.3 is 0 Å². The lowest BCUT2D eigenvalue weighted by molar-refractivity contribution is 0.736. The van der Waals surface area contributed by atoms with Crippen molar-refractivity contribution < 1.29 is 0 Å². The largest absolute Gasteiger partial charge is 0.303 e. The van der Waals surface area contributed by atoms with Crippen LogP contribution >= 0.6 is 0 Å². The zero-order chi connectivity index (χ0) is 10.9. The molecule has 0 unspecified atom stereocenters.